The molecular formula is C8H8N2O2S. The van der Waals surface area contributed by atoms with Crippen molar-refractivity contribution in [2.75, 3.05) is 5.32 Å². The topological polar surface area (TPSA) is 72.2 Å². The molecule has 1 aromatic rings. The third kappa shape index (κ3) is 3.62. The third-order valence-electron chi connectivity index (χ3n) is 1.21. The van der Waals surface area contributed by atoms with Crippen LogP contribution >= 0.6 is 11.8 Å². The molecule has 0 aliphatic rings. The Morgan fingerprint density at radius 2 is 1.85 bits per heavy atom. The second kappa shape index (κ2) is 4.51. The van der Waals surface area contributed by atoms with Crippen LogP contribution in [-0.2, 0) is 0 Å². The van der Waals surface area contributed by atoms with Crippen LogP contribution in [0.25, 0.3) is 0 Å². The zero-order chi connectivity index (χ0) is 9.68. The molecule has 68 valence electrons. The first-order valence-corrected chi connectivity index (χ1v) is 4.33. The Hall–Kier alpha value is -1.49. The quantitative estimate of drug-likeness (QED) is 0.721. The average Bonchev–Trinajstić information content (AvgIpc) is 2.04. The minimum absolute atomic E-state index is 0.438. The standard InChI is InChI=1S/C8H8N2O2S/c9-7(11)13-8(12)10-6-4-2-1-3-5-6/h1-5H,(H2,9,11)(H,10,12). The zero-order valence-electron chi connectivity index (χ0n) is 6.69. The van der Waals surface area contributed by atoms with E-state index in [1.54, 1.807) is 24.3 Å². The van der Waals surface area contributed by atoms with Crippen molar-refractivity contribution in [3.05, 3.63) is 30.3 Å². The highest BCUT2D eigenvalue weighted by atomic mass is 32.2. The second-order valence-electron chi connectivity index (χ2n) is 2.20. The fraction of sp³-hybridized carbons (Fsp3) is 0. The van der Waals surface area contributed by atoms with E-state index in [9.17, 15) is 9.59 Å². The third-order valence-corrected chi connectivity index (χ3v) is 1.70. The van der Waals surface area contributed by atoms with Gasteiger partial charge in [0.1, 0.15) is 0 Å². The van der Waals surface area contributed by atoms with Crippen LogP contribution in [-0.4, -0.2) is 10.5 Å². The van der Waals surface area contributed by atoms with Crippen molar-refractivity contribution < 1.29 is 9.59 Å². The molecule has 0 aromatic heterocycles. The largest absolute Gasteiger partial charge is 0.360 e. The van der Waals surface area contributed by atoms with E-state index in [1.807, 2.05) is 6.07 Å². The number of nitrogens with two attached hydrogens (primary N) is 1. The molecule has 4 nitrogen and oxygen atoms in total. The normalized spacial score (nSPS) is 9.23. The number of amides is 2. The molecule has 0 spiro atoms. The van der Waals surface area contributed by atoms with Crippen molar-refractivity contribution in [3.63, 3.8) is 0 Å². The lowest BCUT2D eigenvalue weighted by Crippen LogP contribution is -2.12. The predicted octanol–water partition coefficient (Wildman–Crippen LogP) is 2.03. The molecular weight excluding hydrogens is 188 g/mol. The summed E-state index contributed by atoms with van der Waals surface area (Å²) in [6.45, 7) is 0. The first-order valence-electron chi connectivity index (χ1n) is 3.52. The van der Waals surface area contributed by atoms with Gasteiger partial charge in [0, 0.05) is 17.4 Å². The lowest BCUT2D eigenvalue weighted by Gasteiger charge is -2.00. The molecule has 0 radical (unpaired) electrons. The van der Waals surface area contributed by atoms with Gasteiger partial charge in [0.15, 0.2) is 0 Å². The molecule has 0 fully saturated rings. The van der Waals surface area contributed by atoms with E-state index in [-0.39, 0.29) is 0 Å². The molecule has 0 aliphatic carbocycles. The molecule has 0 saturated carbocycles. The number of nitrogens with one attached hydrogen (secondary N) is 1. The molecule has 0 heterocycles. The van der Waals surface area contributed by atoms with Crippen molar-refractivity contribution in [1.82, 2.24) is 0 Å². The van der Waals surface area contributed by atoms with Gasteiger partial charge < -0.3 is 11.1 Å². The molecule has 3 N–H and O–H groups in total. The summed E-state index contributed by atoms with van der Waals surface area (Å²) >= 11 is 0.438. The fourth-order valence-corrected chi connectivity index (χ4v) is 1.11. The van der Waals surface area contributed by atoms with E-state index in [1.165, 1.54) is 0 Å². The first kappa shape index (κ1) is 9.60. The van der Waals surface area contributed by atoms with Crippen LogP contribution in [0.2, 0.25) is 0 Å². The van der Waals surface area contributed by atoms with Gasteiger partial charge in [0.05, 0.1) is 0 Å². The number of rotatable bonds is 1. The van der Waals surface area contributed by atoms with Crippen molar-refractivity contribution >= 4 is 27.9 Å². The number of primary amides is 1. The van der Waals surface area contributed by atoms with Crippen LogP contribution in [0.4, 0.5) is 15.3 Å². The lowest BCUT2D eigenvalue weighted by molar-refractivity contribution is 0.265. The van der Waals surface area contributed by atoms with Gasteiger partial charge in [-0.3, -0.25) is 9.59 Å². The number of para-hydroxylation sites is 1. The van der Waals surface area contributed by atoms with Gasteiger partial charge in [-0.05, 0) is 12.1 Å². The first-order chi connectivity index (χ1) is 6.18. The van der Waals surface area contributed by atoms with E-state index in [0.717, 1.165) is 0 Å². The summed E-state index contributed by atoms with van der Waals surface area (Å²) in [6, 6.07) is 8.84. The average molecular weight is 196 g/mol. The highest BCUT2D eigenvalue weighted by Gasteiger charge is 2.05. The highest BCUT2D eigenvalue weighted by molar-refractivity contribution is 8.26. The summed E-state index contributed by atoms with van der Waals surface area (Å²) in [7, 11) is 0. The van der Waals surface area contributed by atoms with E-state index < -0.39 is 10.5 Å². The van der Waals surface area contributed by atoms with Crippen LogP contribution in [0.15, 0.2) is 30.3 Å². The second-order valence-corrected chi connectivity index (χ2v) is 3.18. The summed E-state index contributed by atoms with van der Waals surface area (Å²) < 4.78 is 0. The Morgan fingerprint density at radius 3 is 2.38 bits per heavy atom. The van der Waals surface area contributed by atoms with E-state index in [0.29, 0.717) is 17.4 Å². The number of thioether (sulfide) groups is 1. The minimum atomic E-state index is -0.714. The van der Waals surface area contributed by atoms with Crippen molar-refractivity contribution in [1.29, 1.82) is 0 Å². The van der Waals surface area contributed by atoms with Crippen molar-refractivity contribution in [2.24, 2.45) is 5.73 Å². The summed E-state index contributed by atoms with van der Waals surface area (Å²) in [6.07, 6.45) is 0. The number of carbonyl (C=O) groups is 2. The smallest absolute Gasteiger partial charge is 0.292 e. The SMILES string of the molecule is NC(=O)SC(=O)Nc1ccccc1. The molecule has 0 bridgehead atoms. The Labute approximate surface area is 79.5 Å². The Morgan fingerprint density at radius 1 is 1.23 bits per heavy atom. The summed E-state index contributed by atoms with van der Waals surface area (Å²) in [5.74, 6) is 0. The van der Waals surface area contributed by atoms with Gasteiger partial charge in [0.2, 0.25) is 0 Å². The van der Waals surface area contributed by atoms with Gasteiger partial charge in [-0.2, -0.15) is 0 Å². The van der Waals surface area contributed by atoms with Crippen LogP contribution in [0.5, 0.6) is 0 Å². The number of anilines is 1. The molecule has 1 aromatic carbocycles. The van der Waals surface area contributed by atoms with Crippen LogP contribution in [0.1, 0.15) is 0 Å². The molecule has 13 heavy (non-hydrogen) atoms. The van der Waals surface area contributed by atoms with Gasteiger partial charge in [-0.25, -0.2) is 0 Å². The highest BCUT2D eigenvalue weighted by Crippen LogP contribution is 2.10. The van der Waals surface area contributed by atoms with Crippen LogP contribution in [0, 0.1) is 0 Å². The predicted molar refractivity (Wildman–Crippen MR) is 52.6 cm³/mol. The number of carbonyl (C=O) groups excluding carboxylic acids is 2. The minimum Gasteiger partial charge on any atom is -0.360 e. The fourth-order valence-electron chi connectivity index (χ4n) is 0.756. The Balaban J connectivity index is 2.50. The van der Waals surface area contributed by atoms with Crippen molar-refractivity contribution in [3.8, 4) is 0 Å². The Kier molecular flexibility index (Phi) is 3.33. The monoisotopic (exact) mass is 196 g/mol. The maximum absolute atomic E-state index is 11.0. The van der Waals surface area contributed by atoms with E-state index in [4.69, 9.17) is 5.73 Å². The van der Waals surface area contributed by atoms with Crippen LogP contribution in [0.3, 0.4) is 0 Å². The Bertz CT molecular complexity index is 313. The summed E-state index contributed by atoms with van der Waals surface area (Å²) in [4.78, 5) is 21.3. The molecule has 0 aliphatic heterocycles. The van der Waals surface area contributed by atoms with Gasteiger partial charge in [-0.15, -0.1) is 0 Å². The molecule has 0 atom stereocenters. The van der Waals surface area contributed by atoms with E-state index >= 15 is 0 Å². The zero-order valence-corrected chi connectivity index (χ0v) is 7.51. The maximum atomic E-state index is 11.0. The molecule has 0 saturated heterocycles. The molecule has 2 amide bonds. The summed E-state index contributed by atoms with van der Waals surface area (Å²) in [5.41, 5.74) is 5.45. The number of hydrogen-bond donors (Lipinski definition) is 2. The van der Waals surface area contributed by atoms with Gasteiger partial charge in [0.25, 0.3) is 10.5 Å². The summed E-state index contributed by atoms with van der Waals surface area (Å²) in [5, 5.41) is 1.31. The molecule has 1 rings (SSSR count). The van der Waals surface area contributed by atoms with Crippen molar-refractivity contribution in [2.45, 2.75) is 0 Å². The van der Waals surface area contributed by atoms with E-state index in [2.05, 4.69) is 5.32 Å². The lowest BCUT2D eigenvalue weighted by atomic mass is 10.3. The van der Waals surface area contributed by atoms with Crippen LogP contribution < -0.4 is 11.1 Å². The van der Waals surface area contributed by atoms with Gasteiger partial charge >= 0.3 is 0 Å². The molecule has 0 unspecified atom stereocenters. The maximum Gasteiger partial charge on any atom is 0.292 e. The number of benzene rings is 1. The number of hydrogen-bond acceptors (Lipinski definition) is 3. The van der Waals surface area contributed by atoms with Gasteiger partial charge in [-0.1, -0.05) is 18.2 Å². The molecule has 5 heteroatoms.